The van der Waals surface area contributed by atoms with Crippen molar-refractivity contribution in [3.8, 4) is 5.88 Å². The van der Waals surface area contributed by atoms with E-state index in [2.05, 4.69) is 62.0 Å². The third-order valence-corrected chi connectivity index (χ3v) is 6.70. The Bertz CT molecular complexity index is 1270. The maximum atomic E-state index is 10.8. The molecule has 1 aliphatic heterocycles. The van der Waals surface area contributed by atoms with Gasteiger partial charge in [-0.25, -0.2) is 4.99 Å². The number of aromatic hydroxyl groups is 1. The molecule has 1 fully saturated rings. The summed E-state index contributed by atoms with van der Waals surface area (Å²) in [7, 11) is 2.18. The smallest absolute Gasteiger partial charge is 0.199 e. The zero-order valence-corrected chi connectivity index (χ0v) is 20.2. The lowest BCUT2D eigenvalue weighted by Crippen LogP contribution is -2.43. The normalized spacial score (nSPS) is 15.9. The molecule has 1 aliphatic rings. The lowest BCUT2D eigenvalue weighted by atomic mass is 10.0. The van der Waals surface area contributed by atoms with Crippen molar-refractivity contribution in [1.82, 2.24) is 14.8 Å². The minimum atomic E-state index is 0.123. The molecule has 0 bridgehead atoms. The van der Waals surface area contributed by atoms with Crippen LogP contribution in [0, 0.1) is 0 Å². The van der Waals surface area contributed by atoms with E-state index in [9.17, 15) is 5.11 Å². The van der Waals surface area contributed by atoms with Crippen molar-refractivity contribution in [1.29, 1.82) is 0 Å². The number of aromatic nitrogens is 1. The summed E-state index contributed by atoms with van der Waals surface area (Å²) in [6, 6.07) is 24.4. The number of hydrogen-bond donors (Lipinski definition) is 2. The molecule has 6 heteroatoms. The highest BCUT2D eigenvalue weighted by Crippen LogP contribution is 2.33. The van der Waals surface area contributed by atoms with Crippen LogP contribution in [-0.2, 0) is 6.54 Å². The van der Waals surface area contributed by atoms with E-state index in [0.29, 0.717) is 5.56 Å². The molecule has 3 aromatic carbocycles. The van der Waals surface area contributed by atoms with E-state index in [-0.39, 0.29) is 5.88 Å². The highest BCUT2D eigenvalue weighted by atomic mass is 79.9. The Morgan fingerprint density at radius 1 is 0.970 bits per heavy atom. The predicted octanol–water partition coefficient (Wildman–Crippen LogP) is 5.55. The lowest BCUT2D eigenvalue weighted by molar-refractivity contribution is 0.148. The molecule has 5 nitrogen and oxygen atoms in total. The quantitative estimate of drug-likeness (QED) is 0.351. The van der Waals surface area contributed by atoms with Gasteiger partial charge >= 0.3 is 0 Å². The van der Waals surface area contributed by atoms with Crippen molar-refractivity contribution >= 4 is 38.2 Å². The van der Waals surface area contributed by atoms with E-state index in [1.165, 1.54) is 5.56 Å². The highest BCUT2D eigenvalue weighted by molar-refractivity contribution is 9.10. The van der Waals surface area contributed by atoms with Gasteiger partial charge in [0, 0.05) is 48.1 Å². The van der Waals surface area contributed by atoms with E-state index in [1.807, 2.05) is 48.5 Å². The fraction of sp³-hybridized carbons (Fsp3) is 0.222. The average molecular weight is 503 g/mol. The molecular formula is C27H27BrN4O. The monoisotopic (exact) mass is 502 g/mol. The number of hydrogen-bond acceptors (Lipinski definition) is 4. The fourth-order valence-electron chi connectivity index (χ4n) is 4.33. The minimum Gasteiger partial charge on any atom is -0.494 e. The number of aromatic amines is 1. The van der Waals surface area contributed by atoms with E-state index in [0.717, 1.165) is 65.1 Å². The third-order valence-electron chi connectivity index (χ3n) is 6.20. The van der Waals surface area contributed by atoms with Gasteiger partial charge in [-0.05, 0) is 36.9 Å². The van der Waals surface area contributed by atoms with Crippen molar-refractivity contribution in [3.05, 3.63) is 94.0 Å². The number of fused-ring (bicyclic) bond motifs is 1. The van der Waals surface area contributed by atoms with E-state index in [4.69, 9.17) is 4.99 Å². The second-order valence-electron chi connectivity index (χ2n) is 8.61. The van der Waals surface area contributed by atoms with Gasteiger partial charge < -0.3 is 15.0 Å². The molecular weight excluding hydrogens is 476 g/mol. The van der Waals surface area contributed by atoms with Crippen molar-refractivity contribution < 1.29 is 5.11 Å². The summed E-state index contributed by atoms with van der Waals surface area (Å²) in [5.74, 6) is 0.123. The van der Waals surface area contributed by atoms with Crippen molar-refractivity contribution in [2.24, 2.45) is 4.99 Å². The van der Waals surface area contributed by atoms with Crippen LogP contribution >= 0.6 is 15.9 Å². The topological polar surface area (TPSA) is 54.9 Å². The zero-order chi connectivity index (χ0) is 22.8. The summed E-state index contributed by atoms with van der Waals surface area (Å²) in [4.78, 5) is 13.0. The number of likely N-dealkylation sites (N-methyl/N-ethyl adjacent to an activating group) is 1. The van der Waals surface area contributed by atoms with E-state index in [1.54, 1.807) is 0 Å². The Morgan fingerprint density at radius 3 is 2.42 bits per heavy atom. The Balaban J connectivity index is 1.49. The fourth-order valence-corrected chi connectivity index (χ4v) is 4.69. The number of nitrogens with zero attached hydrogens (tertiary/aromatic N) is 3. The van der Waals surface area contributed by atoms with Crippen LogP contribution in [0.1, 0.15) is 16.7 Å². The first-order valence-corrected chi connectivity index (χ1v) is 12.0. The summed E-state index contributed by atoms with van der Waals surface area (Å²) in [5, 5.41) is 11.8. The Labute approximate surface area is 202 Å². The van der Waals surface area contributed by atoms with Gasteiger partial charge in [-0.2, -0.15) is 0 Å². The Kier molecular flexibility index (Phi) is 6.31. The zero-order valence-electron chi connectivity index (χ0n) is 18.6. The molecule has 0 saturated carbocycles. The standard InChI is InChI=1S/C27H27BrN4O/c1-31-13-15-32(16-14-31)18-19-7-10-22(11-8-19)29-26(20-5-3-2-4-6-20)25-23-12-9-21(28)17-24(23)30-27(25)33/h2-12,17,30,33H,13-16,18H2,1H3. The molecule has 2 N–H and O–H groups in total. The first-order valence-electron chi connectivity index (χ1n) is 11.2. The van der Waals surface area contributed by atoms with Gasteiger partial charge in [0.05, 0.1) is 22.5 Å². The van der Waals surface area contributed by atoms with Crippen molar-refractivity contribution in [2.45, 2.75) is 6.54 Å². The lowest BCUT2D eigenvalue weighted by Gasteiger charge is -2.32. The second-order valence-corrected chi connectivity index (χ2v) is 9.53. The molecule has 0 amide bonds. The maximum Gasteiger partial charge on any atom is 0.199 e. The number of benzene rings is 3. The van der Waals surface area contributed by atoms with Gasteiger partial charge in [-0.3, -0.25) is 4.90 Å². The SMILES string of the molecule is CN1CCN(Cc2ccc(N=C(c3ccccc3)c3c(O)[nH]c4cc(Br)ccc34)cc2)CC1. The van der Waals surface area contributed by atoms with Gasteiger partial charge in [0.25, 0.3) is 0 Å². The molecule has 5 rings (SSSR count). The molecule has 1 aromatic heterocycles. The largest absolute Gasteiger partial charge is 0.494 e. The first-order chi connectivity index (χ1) is 16.1. The number of H-pyrrole nitrogens is 1. The van der Waals surface area contributed by atoms with Crippen molar-refractivity contribution in [3.63, 3.8) is 0 Å². The number of rotatable bonds is 5. The van der Waals surface area contributed by atoms with Crippen LogP contribution in [0.4, 0.5) is 5.69 Å². The second kappa shape index (κ2) is 9.51. The molecule has 0 aliphatic carbocycles. The number of piperazine rings is 1. The first kappa shape index (κ1) is 21.9. The van der Waals surface area contributed by atoms with Crippen molar-refractivity contribution in [2.75, 3.05) is 33.2 Å². The van der Waals surface area contributed by atoms with Gasteiger partial charge in [-0.15, -0.1) is 0 Å². The molecule has 1 saturated heterocycles. The van der Waals surface area contributed by atoms with Crippen LogP contribution in [0.25, 0.3) is 10.9 Å². The maximum absolute atomic E-state index is 10.8. The van der Waals surface area contributed by atoms with Crippen LogP contribution in [-0.4, -0.2) is 58.8 Å². The molecule has 2 heterocycles. The van der Waals surface area contributed by atoms with Crippen LogP contribution in [0.5, 0.6) is 5.88 Å². The Hall–Kier alpha value is -2.93. The third kappa shape index (κ3) is 4.88. The number of nitrogens with one attached hydrogen (secondary N) is 1. The summed E-state index contributed by atoms with van der Waals surface area (Å²) in [6.45, 7) is 5.40. The van der Waals surface area contributed by atoms with Crippen LogP contribution < -0.4 is 0 Å². The summed E-state index contributed by atoms with van der Waals surface area (Å²) in [6.07, 6.45) is 0. The molecule has 0 atom stereocenters. The molecule has 168 valence electrons. The molecule has 33 heavy (non-hydrogen) atoms. The molecule has 0 spiro atoms. The molecule has 0 unspecified atom stereocenters. The van der Waals surface area contributed by atoms with Crippen LogP contribution in [0.15, 0.2) is 82.3 Å². The predicted molar refractivity (Wildman–Crippen MR) is 139 cm³/mol. The summed E-state index contributed by atoms with van der Waals surface area (Å²) >= 11 is 3.51. The Morgan fingerprint density at radius 2 is 1.70 bits per heavy atom. The molecule has 4 aromatic rings. The van der Waals surface area contributed by atoms with E-state index >= 15 is 0 Å². The van der Waals surface area contributed by atoms with Gasteiger partial charge in [-0.1, -0.05) is 64.5 Å². The number of aliphatic imine (C=N–C) groups is 1. The average Bonchev–Trinajstić information content (AvgIpc) is 3.15. The highest BCUT2D eigenvalue weighted by Gasteiger charge is 2.19. The van der Waals surface area contributed by atoms with Gasteiger partial charge in [0.2, 0.25) is 0 Å². The summed E-state index contributed by atoms with van der Waals surface area (Å²) in [5.41, 5.74) is 5.43. The molecule has 0 radical (unpaired) electrons. The van der Waals surface area contributed by atoms with Gasteiger partial charge in [0.15, 0.2) is 5.88 Å². The van der Waals surface area contributed by atoms with Crippen LogP contribution in [0.3, 0.4) is 0 Å². The summed E-state index contributed by atoms with van der Waals surface area (Å²) < 4.78 is 0.955. The van der Waals surface area contributed by atoms with Crippen LogP contribution in [0.2, 0.25) is 0 Å². The van der Waals surface area contributed by atoms with Gasteiger partial charge in [0.1, 0.15) is 0 Å². The van der Waals surface area contributed by atoms with E-state index < -0.39 is 0 Å². The number of halogens is 1. The minimum absolute atomic E-state index is 0.123.